The minimum Gasteiger partial charge on any atom is -0.496 e. The number of rotatable bonds is 6. The summed E-state index contributed by atoms with van der Waals surface area (Å²) in [5, 5.41) is 3.39. The summed E-state index contributed by atoms with van der Waals surface area (Å²) in [7, 11) is 4.64. The molecule has 2 heterocycles. The molecule has 2 aliphatic heterocycles. The fourth-order valence-electron chi connectivity index (χ4n) is 5.45. The second kappa shape index (κ2) is 9.39. The number of carbonyl (C=O) groups is 2. The third-order valence-corrected chi connectivity index (χ3v) is 7.19. The summed E-state index contributed by atoms with van der Waals surface area (Å²) in [6.45, 7) is 0. The fourth-order valence-corrected chi connectivity index (χ4v) is 5.45. The van der Waals surface area contributed by atoms with Crippen LogP contribution in [0.15, 0.2) is 84.9 Å². The van der Waals surface area contributed by atoms with Crippen molar-refractivity contribution in [2.24, 2.45) is 5.92 Å². The predicted molar refractivity (Wildman–Crippen MR) is 143 cm³/mol. The van der Waals surface area contributed by atoms with Gasteiger partial charge in [0.2, 0.25) is 5.91 Å². The summed E-state index contributed by atoms with van der Waals surface area (Å²) < 4.78 is 16.8. The van der Waals surface area contributed by atoms with Crippen LogP contribution in [-0.2, 0) is 14.4 Å². The van der Waals surface area contributed by atoms with Crippen molar-refractivity contribution in [3.63, 3.8) is 0 Å². The van der Waals surface area contributed by atoms with E-state index in [1.54, 1.807) is 44.6 Å². The van der Waals surface area contributed by atoms with Crippen molar-refractivity contribution in [3.8, 4) is 17.2 Å². The molecule has 2 amide bonds. The Bertz CT molecular complexity index is 1530. The van der Waals surface area contributed by atoms with Crippen LogP contribution < -0.4 is 24.2 Å². The van der Waals surface area contributed by atoms with Crippen LogP contribution in [0.3, 0.4) is 0 Å². The van der Waals surface area contributed by atoms with E-state index in [1.165, 1.54) is 4.90 Å². The van der Waals surface area contributed by atoms with Gasteiger partial charge in [0.25, 0.3) is 5.91 Å². The van der Waals surface area contributed by atoms with Crippen molar-refractivity contribution in [1.82, 2.24) is 0 Å². The van der Waals surface area contributed by atoms with Crippen LogP contribution in [-0.4, -0.2) is 39.2 Å². The summed E-state index contributed by atoms with van der Waals surface area (Å²) in [6.07, 6.45) is -1.01. The lowest BCUT2D eigenvalue weighted by Crippen LogP contribution is -2.37. The number of fused-ring (bicyclic) bond motifs is 2. The third kappa shape index (κ3) is 3.56. The largest absolute Gasteiger partial charge is 0.496 e. The van der Waals surface area contributed by atoms with Gasteiger partial charge in [-0.25, -0.2) is 9.96 Å². The van der Waals surface area contributed by atoms with E-state index >= 15 is 0 Å². The number of anilines is 2. The van der Waals surface area contributed by atoms with Crippen molar-refractivity contribution in [2.45, 2.75) is 12.1 Å². The Hall–Kier alpha value is -4.56. The first-order chi connectivity index (χ1) is 18.6. The van der Waals surface area contributed by atoms with E-state index in [0.29, 0.717) is 34.2 Å². The number of ether oxygens (including phenoxy) is 3. The Morgan fingerprint density at radius 3 is 2.11 bits per heavy atom. The minimum atomic E-state index is -1.01. The topological polar surface area (TPSA) is 77.5 Å². The maximum absolute atomic E-state index is 14.2. The van der Waals surface area contributed by atoms with E-state index in [9.17, 15) is 9.59 Å². The fraction of sp³-hybridized carbons (Fsp3) is 0.200. The minimum absolute atomic E-state index is 0.336. The van der Waals surface area contributed by atoms with E-state index in [2.05, 4.69) is 0 Å². The average Bonchev–Trinajstić information content (AvgIpc) is 3.47. The molecular formula is C30H26N2O6. The van der Waals surface area contributed by atoms with Crippen LogP contribution in [0, 0.1) is 5.92 Å². The average molecular weight is 511 g/mol. The number of para-hydroxylation sites is 1. The highest BCUT2D eigenvalue weighted by molar-refractivity contribution is 6.26. The molecule has 2 aliphatic rings. The number of nitrogens with zero attached hydrogens (tertiary/aromatic N) is 2. The number of amides is 2. The molecule has 6 rings (SSSR count). The molecule has 2 saturated heterocycles. The Kier molecular flexibility index (Phi) is 5.88. The van der Waals surface area contributed by atoms with E-state index < -0.39 is 24.0 Å². The zero-order valence-electron chi connectivity index (χ0n) is 21.2. The molecular weight excluding hydrogens is 484 g/mol. The number of methoxy groups -OCH3 is 3. The third-order valence-electron chi connectivity index (χ3n) is 7.19. The first-order valence-electron chi connectivity index (χ1n) is 12.2. The molecule has 0 bridgehead atoms. The molecule has 0 unspecified atom stereocenters. The molecule has 0 N–H and O–H groups in total. The number of carbonyl (C=O) groups excluding carboxylic acids is 2. The van der Waals surface area contributed by atoms with E-state index in [4.69, 9.17) is 19.0 Å². The lowest BCUT2D eigenvalue weighted by molar-refractivity contribution is -0.126. The Balaban J connectivity index is 1.51. The summed E-state index contributed by atoms with van der Waals surface area (Å²) in [5.74, 6) is -0.116. The number of hydroxylamine groups is 1. The van der Waals surface area contributed by atoms with Gasteiger partial charge in [0, 0.05) is 17.0 Å². The molecule has 0 aliphatic carbocycles. The zero-order valence-corrected chi connectivity index (χ0v) is 21.2. The number of hydrogen-bond donors (Lipinski definition) is 0. The molecule has 4 aromatic rings. The molecule has 3 atom stereocenters. The van der Waals surface area contributed by atoms with Gasteiger partial charge in [-0.05, 0) is 29.7 Å². The van der Waals surface area contributed by atoms with Crippen molar-refractivity contribution in [3.05, 3.63) is 90.5 Å². The Morgan fingerprint density at radius 2 is 1.37 bits per heavy atom. The smallest absolute Gasteiger partial charge is 0.266 e. The Morgan fingerprint density at radius 1 is 0.711 bits per heavy atom. The van der Waals surface area contributed by atoms with Gasteiger partial charge in [-0.1, -0.05) is 54.6 Å². The van der Waals surface area contributed by atoms with Crippen LogP contribution in [0.5, 0.6) is 17.2 Å². The summed E-state index contributed by atoms with van der Waals surface area (Å²) in [4.78, 5) is 35.6. The second-order valence-electron chi connectivity index (χ2n) is 9.12. The normalized spacial score (nSPS) is 20.7. The second-order valence-corrected chi connectivity index (χ2v) is 9.12. The maximum atomic E-state index is 14.2. The van der Waals surface area contributed by atoms with Crippen LogP contribution >= 0.6 is 0 Å². The van der Waals surface area contributed by atoms with Gasteiger partial charge in [0.15, 0.2) is 17.6 Å². The predicted octanol–water partition coefficient (Wildman–Crippen LogP) is 4.92. The lowest BCUT2D eigenvalue weighted by atomic mass is 9.89. The van der Waals surface area contributed by atoms with Crippen molar-refractivity contribution < 1.29 is 28.6 Å². The first kappa shape index (κ1) is 23.8. The highest BCUT2D eigenvalue weighted by Gasteiger charge is 2.61. The van der Waals surface area contributed by atoms with Gasteiger partial charge < -0.3 is 14.2 Å². The van der Waals surface area contributed by atoms with E-state index in [-0.39, 0.29) is 5.91 Å². The molecule has 0 aromatic heterocycles. The highest BCUT2D eigenvalue weighted by Crippen LogP contribution is 2.51. The molecule has 38 heavy (non-hydrogen) atoms. The van der Waals surface area contributed by atoms with Crippen molar-refractivity contribution in [1.29, 1.82) is 0 Å². The number of benzene rings is 4. The maximum Gasteiger partial charge on any atom is 0.266 e. The van der Waals surface area contributed by atoms with Crippen LogP contribution in [0.2, 0.25) is 0 Å². The van der Waals surface area contributed by atoms with Crippen LogP contribution in [0.25, 0.3) is 10.8 Å². The SMILES string of the molecule is COc1cc(OC)c([C@@H]2[C@@H]3C(=O)N(c4cccc5ccccc45)C(=O)[C@@H]3ON2c2ccccc2)cc1OC. The van der Waals surface area contributed by atoms with Gasteiger partial charge in [0.1, 0.15) is 17.7 Å². The monoisotopic (exact) mass is 510 g/mol. The van der Waals surface area contributed by atoms with Crippen molar-refractivity contribution in [2.75, 3.05) is 31.3 Å². The van der Waals surface area contributed by atoms with Gasteiger partial charge in [-0.3, -0.25) is 14.4 Å². The zero-order chi connectivity index (χ0) is 26.4. The standard InChI is InChI=1S/C30H26N2O6/c1-35-23-17-25(37-3)24(36-2)16-21(23)27-26-28(38-32(27)19-12-5-4-6-13-19)30(34)31(29(26)33)22-15-9-11-18-10-7-8-14-20(18)22/h4-17,26-28H,1-3H3/t26-,27+,28+/m0/s1. The summed E-state index contributed by atoms with van der Waals surface area (Å²) in [5.41, 5.74) is 1.89. The Labute approximate surface area is 219 Å². The summed E-state index contributed by atoms with van der Waals surface area (Å²) in [6, 6.07) is 25.5. The lowest BCUT2D eigenvalue weighted by Gasteiger charge is -2.30. The van der Waals surface area contributed by atoms with Crippen LogP contribution in [0.4, 0.5) is 11.4 Å². The number of imide groups is 1. The molecule has 192 valence electrons. The first-order valence-corrected chi connectivity index (χ1v) is 12.2. The van der Waals surface area contributed by atoms with E-state index in [1.807, 2.05) is 66.7 Å². The number of hydrogen-bond acceptors (Lipinski definition) is 7. The molecule has 0 radical (unpaired) electrons. The molecule has 0 spiro atoms. The van der Waals surface area contributed by atoms with Gasteiger partial charge in [-0.2, -0.15) is 0 Å². The molecule has 8 heteroatoms. The highest BCUT2D eigenvalue weighted by atomic mass is 16.7. The quantitative estimate of drug-likeness (QED) is 0.341. The molecule has 0 saturated carbocycles. The van der Waals surface area contributed by atoms with Crippen molar-refractivity contribution >= 4 is 34.0 Å². The molecule has 2 fully saturated rings. The summed E-state index contributed by atoms with van der Waals surface area (Å²) >= 11 is 0. The molecule has 4 aromatic carbocycles. The van der Waals surface area contributed by atoms with Gasteiger partial charge in [-0.15, -0.1) is 0 Å². The van der Waals surface area contributed by atoms with Crippen LogP contribution in [0.1, 0.15) is 11.6 Å². The van der Waals surface area contributed by atoms with Gasteiger partial charge >= 0.3 is 0 Å². The van der Waals surface area contributed by atoms with E-state index in [0.717, 1.165) is 10.8 Å². The van der Waals surface area contributed by atoms with Gasteiger partial charge in [0.05, 0.1) is 32.7 Å². The molecule has 8 nitrogen and oxygen atoms in total.